The zero-order chi connectivity index (χ0) is 34.0. The molecule has 2 aromatic heterocycles. The van der Waals surface area contributed by atoms with Crippen molar-refractivity contribution in [2.24, 2.45) is 5.92 Å². The van der Waals surface area contributed by atoms with E-state index in [1.165, 1.54) is 65.6 Å². The second kappa shape index (κ2) is 10.5. The molecule has 244 valence electrons. The summed E-state index contributed by atoms with van der Waals surface area (Å²) in [4.78, 5) is 1.38. The van der Waals surface area contributed by atoms with Gasteiger partial charge in [-0.15, -0.1) is 11.8 Å². The number of para-hydroxylation sites is 2. The van der Waals surface area contributed by atoms with Gasteiger partial charge in [-0.25, -0.2) is 0 Å². The number of hydrogen-bond acceptors (Lipinski definition) is 2. The van der Waals surface area contributed by atoms with Crippen LogP contribution in [0.5, 0.6) is 0 Å². The van der Waals surface area contributed by atoms with Gasteiger partial charge in [0.2, 0.25) is 0 Å². The van der Waals surface area contributed by atoms with Crippen LogP contribution in [0.3, 0.4) is 0 Å². The molecule has 3 heterocycles. The standard InChI is InChI=1S/C49H31NOS/c1-4-14-39-33(11-1)36-28-37-34-12-2-7-17-43(34)50(32-24-21-30(22-25-32)31-23-26-46-38(27-31)35-13-3-8-18-45(35)51-46)44(37)29-42(36)49(39)40-15-5-9-19-47(40)52-48-20-10-6-16-41(48)49/h1-29,40,47H. The predicted molar refractivity (Wildman–Crippen MR) is 217 cm³/mol. The first kappa shape index (κ1) is 28.6. The molecular weight excluding hydrogens is 651 g/mol. The molecule has 2 nitrogen and oxygen atoms in total. The number of allylic oxidation sites excluding steroid dienone is 3. The van der Waals surface area contributed by atoms with Crippen LogP contribution in [0.1, 0.15) is 16.7 Å². The third-order valence-corrected chi connectivity index (χ3v) is 13.2. The van der Waals surface area contributed by atoms with E-state index in [0.717, 1.165) is 27.6 Å². The molecule has 3 aliphatic rings. The molecule has 0 saturated carbocycles. The molecule has 0 fully saturated rings. The highest BCUT2D eigenvalue weighted by molar-refractivity contribution is 8.00. The minimum absolute atomic E-state index is 0.291. The van der Waals surface area contributed by atoms with Gasteiger partial charge in [0.05, 0.1) is 16.4 Å². The van der Waals surface area contributed by atoms with Gasteiger partial charge < -0.3 is 8.98 Å². The summed E-state index contributed by atoms with van der Waals surface area (Å²) in [6.45, 7) is 0. The van der Waals surface area contributed by atoms with Gasteiger partial charge in [0.15, 0.2) is 0 Å². The first-order chi connectivity index (χ1) is 25.8. The third-order valence-electron chi connectivity index (χ3n) is 11.9. The summed E-state index contributed by atoms with van der Waals surface area (Å²) in [5.74, 6) is 0.291. The van der Waals surface area contributed by atoms with Gasteiger partial charge >= 0.3 is 0 Å². The first-order valence-corrected chi connectivity index (χ1v) is 19.0. The van der Waals surface area contributed by atoms with Crippen molar-refractivity contribution >= 4 is 55.5 Å². The zero-order valence-electron chi connectivity index (χ0n) is 28.2. The van der Waals surface area contributed by atoms with Crippen molar-refractivity contribution in [3.05, 3.63) is 193 Å². The lowest BCUT2D eigenvalue weighted by Gasteiger charge is -2.47. The molecule has 3 heteroatoms. The Bertz CT molecular complexity index is 3010. The second-order valence-electron chi connectivity index (χ2n) is 14.4. The number of fused-ring (bicyclic) bond motifs is 15. The Balaban J connectivity index is 1.09. The van der Waals surface area contributed by atoms with Crippen LogP contribution in [0.2, 0.25) is 0 Å². The molecule has 0 saturated heterocycles. The van der Waals surface area contributed by atoms with E-state index in [-0.39, 0.29) is 5.41 Å². The van der Waals surface area contributed by atoms with Gasteiger partial charge in [-0.3, -0.25) is 0 Å². The van der Waals surface area contributed by atoms with E-state index in [0.29, 0.717) is 11.2 Å². The molecule has 1 aliphatic heterocycles. The highest BCUT2D eigenvalue weighted by Gasteiger charge is 2.55. The normalized spacial score (nSPS) is 19.8. The van der Waals surface area contributed by atoms with Gasteiger partial charge in [0.25, 0.3) is 0 Å². The number of thioether (sulfide) groups is 1. The Kier molecular flexibility index (Phi) is 5.79. The van der Waals surface area contributed by atoms with Crippen molar-refractivity contribution in [3.63, 3.8) is 0 Å². The maximum Gasteiger partial charge on any atom is 0.135 e. The fourth-order valence-electron chi connectivity index (χ4n) is 9.72. The number of aromatic nitrogens is 1. The van der Waals surface area contributed by atoms with Gasteiger partial charge in [-0.1, -0.05) is 121 Å². The molecule has 0 radical (unpaired) electrons. The van der Waals surface area contributed by atoms with Gasteiger partial charge in [0, 0.05) is 43.3 Å². The molecule has 52 heavy (non-hydrogen) atoms. The molecule has 3 atom stereocenters. The summed E-state index contributed by atoms with van der Waals surface area (Å²) < 4.78 is 8.61. The van der Waals surface area contributed by atoms with Crippen LogP contribution in [0.25, 0.3) is 71.7 Å². The van der Waals surface area contributed by atoms with Crippen molar-refractivity contribution in [1.82, 2.24) is 4.57 Å². The Labute approximate surface area is 305 Å². The van der Waals surface area contributed by atoms with Crippen molar-refractivity contribution in [2.75, 3.05) is 0 Å². The monoisotopic (exact) mass is 681 g/mol. The number of benzene rings is 7. The van der Waals surface area contributed by atoms with E-state index in [2.05, 4.69) is 168 Å². The van der Waals surface area contributed by atoms with Crippen molar-refractivity contribution in [1.29, 1.82) is 0 Å². The van der Waals surface area contributed by atoms with Crippen LogP contribution in [0.15, 0.2) is 185 Å². The Morgan fingerprint density at radius 1 is 0.500 bits per heavy atom. The zero-order valence-corrected chi connectivity index (χ0v) is 29.0. The van der Waals surface area contributed by atoms with Gasteiger partial charge in [-0.2, -0.15) is 0 Å². The number of nitrogens with zero attached hydrogens (tertiary/aromatic N) is 1. The molecule has 0 bridgehead atoms. The molecular formula is C49H31NOS. The lowest BCUT2D eigenvalue weighted by Crippen LogP contribution is -2.43. The average Bonchev–Trinajstić information content (AvgIpc) is 3.83. The Morgan fingerprint density at radius 2 is 1.23 bits per heavy atom. The van der Waals surface area contributed by atoms with E-state index in [1.54, 1.807) is 0 Å². The van der Waals surface area contributed by atoms with Crippen LogP contribution >= 0.6 is 11.8 Å². The van der Waals surface area contributed by atoms with Crippen LogP contribution in [-0.2, 0) is 5.41 Å². The fraction of sp³-hybridized carbons (Fsp3) is 0.0612. The van der Waals surface area contributed by atoms with E-state index in [4.69, 9.17) is 4.42 Å². The van der Waals surface area contributed by atoms with Crippen molar-refractivity contribution in [2.45, 2.75) is 15.6 Å². The smallest absolute Gasteiger partial charge is 0.135 e. The van der Waals surface area contributed by atoms with Crippen LogP contribution in [0, 0.1) is 5.92 Å². The average molecular weight is 682 g/mol. The summed E-state index contributed by atoms with van der Waals surface area (Å²) in [6, 6.07) is 56.2. The van der Waals surface area contributed by atoms with Gasteiger partial charge in [0.1, 0.15) is 11.2 Å². The number of furan rings is 1. The SMILES string of the molecule is C1=CC2Sc3ccccc3C3(c4ccccc4-c4cc5c6ccccc6n(-c6ccc(-c7ccc8oc9ccccc9c8c7)cc6)c5cc43)C2C=C1. The molecule has 1 spiro atoms. The summed E-state index contributed by atoms with van der Waals surface area (Å²) in [5, 5.41) is 5.22. The molecule has 2 aliphatic carbocycles. The largest absolute Gasteiger partial charge is 0.456 e. The van der Waals surface area contributed by atoms with E-state index in [1.807, 2.05) is 23.9 Å². The fourth-order valence-corrected chi connectivity index (χ4v) is 11.1. The highest BCUT2D eigenvalue weighted by atomic mass is 32.2. The maximum absolute atomic E-state index is 6.12. The minimum atomic E-state index is -0.297. The molecule has 3 unspecified atom stereocenters. The summed E-state index contributed by atoms with van der Waals surface area (Å²) in [6.07, 6.45) is 9.39. The topological polar surface area (TPSA) is 18.1 Å². The van der Waals surface area contributed by atoms with E-state index in [9.17, 15) is 0 Å². The number of hydrogen-bond donors (Lipinski definition) is 0. The van der Waals surface area contributed by atoms with Crippen molar-refractivity contribution in [3.8, 4) is 27.9 Å². The van der Waals surface area contributed by atoms with Gasteiger partial charge in [-0.05, 0) is 93.5 Å². The lowest BCUT2D eigenvalue weighted by atomic mass is 9.62. The van der Waals surface area contributed by atoms with Crippen LogP contribution in [-0.4, -0.2) is 9.82 Å². The molecule has 0 amide bonds. The third kappa shape index (κ3) is 3.71. The summed E-state index contributed by atoms with van der Waals surface area (Å²) in [7, 11) is 0. The Morgan fingerprint density at radius 3 is 2.15 bits per heavy atom. The summed E-state index contributed by atoms with van der Waals surface area (Å²) >= 11 is 2.01. The lowest BCUT2D eigenvalue weighted by molar-refractivity contribution is 0.450. The van der Waals surface area contributed by atoms with E-state index >= 15 is 0 Å². The van der Waals surface area contributed by atoms with E-state index < -0.39 is 0 Å². The predicted octanol–water partition coefficient (Wildman–Crippen LogP) is 12.9. The van der Waals surface area contributed by atoms with Crippen molar-refractivity contribution < 1.29 is 4.42 Å². The van der Waals surface area contributed by atoms with Crippen LogP contribution < -0.4 is 0 Å². The second-order valence-corrected chi connectivity index (χ2v) is 15.6. The number of rotatable bonds is 2. The maximum atomic E-state index is 6.12. The quantitative estimate of drug-likeness (QED) is 0.181. The Hall–Kier alpha value is -6.03. The molecule has 12 rings (SSSR count). The highest BCUT2D eigenvalue weighted by Crippen LogP contribution is 2.64. The summed E-state index contributed by atoms with van der Waals surface area (Å²) in [5.41, 5.74) is 14.5. The molecule has 0 N–H and O–H groups in total. The molecule has 7 aromatic carbocycles. The molecule has 9 aromatic rings. The minimum Gasteiger partial charge on any atom is -0.456 e. The van der Waals surface area contributed by atoms with Crippen LogP contribution in [0.4, 0.5) is 0 Å². The first-order valence-electron chi connectivity index (χ1n) is 18.1.